The molecule has 0 radical (unpaired) electrons. The van der Waals surface area contributed by atoms with Gasteiger partial charge in [-0.05, 0) is 5.56 Å². The molecule has 0 aliphatic heterocycles. The number of ether oxygens (including phenoxy) is 1. The summed E-state index contributed by atoms with van der Waals surface area (Å²) in [6, 6.07) is 9.06. The number of rotatable bonds is 5. The Morgan fingerprint density at radius 1 is 1.32 bits per heavy atom. The summed E-state index contributed by atoms with van der Waals surface area (Å²) in [5, 5.41) is 11.0. The molecule has 0 aromatic heterocycles. The van der Waals surface area contributed by atoms with E-state index < -0.39 is 30.5 Å². The van der Waals surface area contributed by atoms with E-state index in [9.17, 15) is 13.6 Å². The third-order valence-corrected chi connectivity index (χ3v) is 3.24. The van der Waals surface area contributed by atoms with Gasteiger partial charge in [0.1, 0.15) is 6.61 Å². The number of alkyl halides is 2. The van der Waals surface area contributed by atoms with Crippen molar-refractivity contribution in [1.82, 2.24) is 5.32 Å². The molecule has 104 valence electrons. The van der Waals surface area contributed by atoms with Crippen LogP contribution in [0.2, 0.25) is 0 Å². The van der Waals surface area contributed by atoms with E-state index in [0.717, 1.165) is 5.56 Å². The average molecular weight is 271 g/mol. The lowest BCUT2D eigenvalue weighted by Gasteiger charge is -2.06. The van der Waals surface area contributed by atoms with E-state index in [0.29, 0.717) is 0 Å². The SMILES string of the molecule is O=C(NC[C@H]1[C@H](CO)C1(F)F)OCc1ccccc1. The largest absolute Gasteiger partial charge is 0.445 e. The smallest absolute Gasteiger partial charge is 0.407 e. The molecule has 2 rings (SSSR count). The van der Waals surface area contributed by atoms with Crippen LogP contribution in [0.25, 0.3) is 0 Å². The molecule has 1 saturated carbocycles. The molecule has 1 fully saturated rings. The van der Waals surface area contributed by atoms with Gasteiger partial charge in [-0.15, -0.1) is 0 Å². The summed E-state index contributed by atoms with van der Waals surface area (Å²) >= 11 is 0. The van der Waals surface area contributed by atoms with Crippen LogP contribution in [0.4, 0.5) is 13.6 Å². The number of aliphatic hydroxyl groups excluding tert-OH is 1. The van der Waals surface area contributed by atoms with Crippen molar-refractivity contribution < 1.29 is 23.4 Å². The third kappa shape index (κ3) is 3.20. The summed E-state index contributed by atoms with van der Waals surface area (Å²) in [6.45, 7) is -0.665. The lowest BCUT2D eigenvalue weighted by Crippen LogP contribution is -2.27. The van der Waals surface area contributed by atoms with Gasteiger partial charge in [-0.25, -0.2) is 13.6 Å². The normalized spacial score (nSPS) is 23.7. The molecule has 2 atom stereocenters. The first kappa shape index (κ1) is 13.7. The molecular formula is C13H15F2NO3. The van der Waals surface area contributed by atoms with Crippen LogP contribution >= 0.6 is 0 Å². The Morgan fingerprint density at radius 3 is 2.58 bits per heavy atom. The van der Waals surface area contributed by atoms with Crippen LogP contribution in [-0.4, -0.2) is 30.3 Å². The summed E-state index contributed by atoms with van der Waals surface area (Å²) < 4.78 is 30.9. The second kappa shape index (κ2) is 5.52. The first-order valence-corrected chi connectivity index (χ1v) is 5.99. The summed E-state index contributed by atoms with van der Waals surface area (Å²) in [7, 11) is 0. The van der Waals surface area contributed by atoms with Crippen molar-refractivity contribution in [3.63, 3.8) is 0 Å². The van der Waals surface area contributed by atoms with E-state index in [1.54, 1.807) is 12.1 Å². The number of carbonyl (C=O) groups is 1. The highest BCUT2D eigenvalue weighted by Gasteiger charge is 2.67. The number of amides is 1. The van der Waals surface area contributed by atoms with Crippen LogP contribution < -0.4 is 5.32 Å². The number of nitrogens with one attached hydrogen (secondary N) is 1. The Morgan fingerprint density at radius 2 is 2.00 bits per heavy atom. The van der Waals surface area contributed by atoms with Gasteiger partial charge in [-0.3, -0.25) is 0 Å². The van der Waals surface area contributed by atoms with E-state index in [4.69, 9.17) is 9.84 Å². The van der Waals surface area contributed by atoms with Gasteiger partial charge in [0.05, 0.1) is 18.4 Å². The highest BCUT2D eigenvalue weighted by atomic mass is 19.3. The van der Waals surface area contributed by atoms with E-state index in [2.05, 4.69) is 5.32 Å². The monoisotopic (exact) mass is 271 g/mol. The minimum absolute atomic E-state index is 0.0944. The molecule has 1 aromatic carbocycles. The highest BCUT2D eigenvalue weighted by Crippen LogP contribution is 2.54. The molecule has 0 heterocycles. The van der Waals surface area contributed by atoms with Gasteiger partial charge in [0.2, 0.25) is 0 Å². The summed E-state index contributed by atoms with van der Waals surface area (Å²) in [5.41, 5.74) is 0.822. The van der Waals surface area contributed by atoms with Crippen LogP contribution in [0.1, 0.15) is 5.56 Å². The average Bonchev–Trinajstić information content (AvgIpc) is 2.95. The number of benzene rings is 1. The lowest BCUT2D eigenvalue weighted by atomic mass is 10.2. The fraction of sp³-hybridized carbons (Fsp3) is 0.462. The zero-order chi connectivity index (χ0) is 13.9. The molecule has 0 bridgehead atoms. The van der Waals surface area contributed by atoms with Crippen molar-refractivity contribution in [2.45, 2.75) is 12.5 Å². The van der Waals surface area contributed by atoms with E-state index in [1.165, 1.54) is 0 Å². The van der Waals surface area contributed by atoms with Crippen molar-refractivity contribution >= 4 is 6.09 Å². The maximum Gasteiger partial charge on any atom is 0.407 e. The molecule has 0 unspecified atom stereocenters. The Balaban J connectivity index is 1.69. The predicted molar refractivity (Wildman–Crippen MR) is 63.6 cm³/mol. The number of aliphatic hydroxyl groups is 1. The summed E-state index contributed by atoms with van der Waals surface area (Å²) in [5.74, 6) is -4.94. The minimum Gasteiger partial charge on any atom is -0.445 e. The second-order valence-electron chi connectivity index (χ2n) is 4.51. The molecule has 1 aromatic rings. The molecule has 0 spiro atoms. The summed E-state index contributed by atoms with van der Waals surface area (Å²) in [6.07, 6.45) is -0.733. The van der Waals surface area contributed by atoms with E-state index >= 15 is 0 Å². The number of hydrogen-bond acceptors (Lipinski definition) is 3. The summed E-state index contributed by atoms with van der Waals surface area (Å²) in [4.78, 5) is 11.3. The van der Waals surface area contributed by atoms with Crippen molar-refractivity contribution in [1.29, 1.82) is 0 Å². The van der Waals surface area contributed by atoms with Gasteiger partial charge in [0, 0.05) is 6.54 Å². The first-order chi connectivity index (χ1) is 9.05. The first-order valence-electron chi connectivity index (χ1n) is 5.99. The minimum atomic E-state index is -2.89. The van der Waals surface area contributed by atoms with Gasteiger partial charge in [-0.2, -0.15) is 0 Å². The molecular weight excluding hydrogens is 256 g/mol. The highest BCUT2D eigenvalue weighted by molar-refractivity contribution is 5.67. The van der Waals surface area contributed by atoms with Gasteiger partial charge in [0.25, 0.3) is 5.92 Å². The number of alkyl carbamates (subject to hydrolysis) is 1. The topological polar surface area (TPSA) is 58.6 Å². The van der Waals surface area contributed by atoms with Crippen LogP contribution in [0.3, 0.4) is 0 Å². The number of carbonyl (C=O) groups excluding carboxylic acids is 1. The van der Waals surface area contributed by atoms with Crippen molar-refractivity contribution in [2.75, 3.05) is 13.2 Å². The van der Waals surface area contributed by atoms with Crippen LogP contribution in [-0.2, 0) is 11.3 Å². The molecule has 0 saturated heterocycles. The third-order valence-electron chi connectivity index (χ3n) is 3.24. The fourth-order valence-electron chi connectivity index (χ4n) is 1.96. The van der Waals surface area contributed by atoms with Crippen molar-refractivity contribution in [2.24, 2.45) is 11.8 Å². The Bertz CT molecular complexity index is 439. The molecule has 2 N–H and O–H groups in total. The predicted octanol–water partition coefficient (Wildman–Crippen LogP) is 1.79. The van der Waals surface area contributed by atoms with Gasteiger partial charge >= 0.3 is 6.09 Å². The van der Waals surface area contributed by atoms with Crippen molar-refractivity contribution in [3.8, 4) is 0 Å². The Hall–Kier alpha value is -1.69. The number of hydrogen-bond donors (Lipinski definition) is 2. The lowest BCUT2D eigenvalue weighted by molar-refractivity contribution is 0.0717. The van der Waals surface area contributed by atoms with Crippen LogP contribution in [0, 0.1) is 11.8 Å². The maximum absolute atomic E-state index is 13.0. The molecule has 1 aliphatic rings. The van der Waals surface area contributed by atoms with Crippen LogP contribution in [0.15, 0.2) is 30.3 Å². The molecule has 19 heavy (non-hydrogen) atoms. The molecule has 4 nitrogen and oxygen atoms in total. The Labute approximate surface area is 109 Å². The van der Waals surface area contributed by atoms with Gasteiger partial charge in [-0.1, -0.05) is 30.3 Å². The molecule has 1 aliphatic carbocycles. The zero-order valence-corrected chi connectivity index (χ0v) is 10.2. The van der Waals surface area contributed by atoms with Crippen molar-refractivity contribution in [3.05, 3.63) is 35.9 Å². The van der Waals surface area contributed by atoms with E-state index in [1.807, 2.05) is 18.2 Å². The quantitative estimate of drug-likeness (QED) is 0.858. The second-order valence-corrected chi connectivity index (χ2v) is 4.51. The van der Waals surface area contributed by atoms with Crippen LogP contribution in [0.5, 0.6) is 0 Å². The maximum atomic E-state index is 13.0. The fourth-order valence-corrected chi connectivity index (χ4v) is 1.96. The molecule has 1 amide bonds. The molecule has 6 heteroatoms. The van der Waals surface area contributed by atoms with E-state index in [-0.39, 0.29) is 13.2 Å². The zero-order valence-electron chi connectivity index (χ0n) is 10.2. The van der Waals surface area contributed by atoms with Gasteiger partial charge in [0.15, 0.2) is 0 Å². The number of halogens is 2. The Kier molecular flexibility index (Phi) is 3.99. The standard InChI is InChI=1S/C13H15F2NO3/c14-13(15)10(11(13)7-17)6-16-12(18)19-8-9-4-2-1-3-5-9/h1-5,10-11,17H,6-8H2,(H,16,18)/t10-,11-/m0/s1. The van der Waals surface area contributed by atoms with Gasteiger partial charge < -0.3 is 15.2 Å².